The molecule has 1 heterocycles. The average Bonchev–Trinajstić information content (AvgIpc) is 2.72. The molecule has 0 saturated carbocycles. The lowest BCUT2D eigenvalue weighted by atomic mass is 10.2. The van der Waals surface area contributed by atoms with Gasteiger partial charge in [-0.05, 0) is 12.1 Å². The van der Waals surface area contributed by atoms with E-state index in [9.17, 15) is 23.4 Å². The fraction of sp³-hybridized carbons (Fsp3) is 0.364. The van der Waals surface area contributed by atoms with Gasteiger partial charge in [0.05, 0.1) is 22.8 Å². The monoisotopic (exact) mass is 355 g/mol. The van der Waals surface area contributed by atoms with Crippen LogP contribution in [0.25, 0.3) is 0 Å². The SMILES string of the molecule is O=C(O)c1cc(Cl)cc(S(=O)(=O)N2C[C@@H](O)[C@@H](O)C2)c1Cl. The third-order valence-corrected chi connectivity index (χ3v) is 5.67. The highest BCUT2D eigenvalue weighted by molar-refractivity contribution is 7.89. The van der Waals surface area contributed by atoms with E-state index in [1.165, 1.54) is 0 Å². The van der Waals surface area contributed by atoms with E-state index >= 15 is 0 Å². The number of aromatic carboxylic acids is 1. The van der Waals surface area contributed by atoms with Crippen molar-refractivity contribution in [1.82, 2.24) is 4.31 Å². The fourth-order valence-corrected chi connectivity index (χ4v) is 4.33. The van der Waals surface area contributed by atoms with Crippen LogP contribution in [0.2, 0.25) is 10.0 Å². The summed E-state index contributed by atoms with van der Waals surface area (Å²) in [6.07, 6.45) is -2.42. The van der Waals surface area contributed by atoms with Crippen LogP contribution in [0.4, 0.5) is 0 Å². The van der Waals surface area contributed by atoms with Crippen molar-refractivity contribution in [2.45, 2.75) is 17.1 Å². The van der Waals surface area contributed by atoms with Gasteiger partial charge in [0.15, 0.2) is 0 Å². The highest BCUT2D eigenvalue weighted by atomic mass is 35.5. The van der Waals surface area contributed by atoms with Gasteiger partial charge in [0.1, 0.15) is 4.90 Å². The Hall–Kier alpha value is -0.900. The standard InChI is InChI=1S/C11H11Cl2NO6S/c12-5-1-6(11(17)18)10(13)9(2-5)21(19,20)14-3-7(15)8(16)4-14/h1-2,7-8,15-16H,3-4H2,(H,17,18)/t7-,8+. The molecule has 0 unspecified atom stereocenters. The number of hydrogen-bond donors (Lipinski definition) is 3. The first-order chi connectivity index (χ1) is 9.64. The minimum Gasteiger partial charge on any atom is -0.478 e. The van der Waals surface area contributed by atoms with E-state index in [-0.39, 0.29) is 18.1 Å². The van der Waals surface area contributed by atoms with E-state index < -0.39 is 43.7 Å². The predicted molar refractivity (Wildman–Crippen MR) is 74.2 cm³/mol. The maximum atomic E-state index is 12.4. The summed E-state index contributed by atoms with van der Waals surface area (Å²) < 4.78 is 25.7. The van der Waals surface area contributed by atoms with E-state index in [1.54, 1.807) is 0 Å². The molecule has 1 aliphatic heterocycles. The van der Waals surface area contributed by atoms with Crippen molar-refractivity contribution in [3.63, 3.8) is 0 Å². The number of carboxylic acid groups (broad SMARTS) is 1. The number of β-amino-alcohol motifs (C(OH)–C–C–N with tert-alkyl or cyclic N) is 2. The van der Waals surface area contributed by atoms with Crippen LogP contribution in [0.15, 0.2) is 17.0 Å². The van der Waals surface area contributed by atoms with Gasteiger partial charge in [-0.1, -0.05) is 23.2 Å². The zero-order valence-corrected chi connectivity index (χ0v) is 12.7. The van der Waals surface area contributed by atoms with Gasteiger partial charge in [0.2, 0.25) is 10.0 Å². The molecule has 3 N–H and O–H groups in total. The minimum atomic E-state index is -4.18. The second-order valence-corrected chi connectivity index (χ2v) is 7.25. The molecule has 2 rings (SSSR count). The largest absolute Gasteiger partial charge is 0.478 e. The van der Waals surface area contributed by atoms with Crippen molar-refractivity contribution in [3.8, 4) is 0 Å². The molecule has 1 aromatic rings. The van der Waals surface area contributed by atoms with Gasteiger partial charge >= 0.3 is 5.97 Å². The Morgan fingerprint density at radius 1 is 1.19 bits per heavy atom. The third-order valence-electron chi connectivity index (χ3n) is 3.08. The van der Waals surface area contributed by atoms with Gasteiger partial charge in [-0.2, -0.15) is 4.31 Å². The van der Waals surface area contributed by atoms with Crippen LogP contribution < -0.4 is 0 Å². The number of rotatable bonds is 3. The molecular weight excluding hydrogens is 345 g/mol. The molecule has 0 amide bonds. The maximum Gasteiger partial charge on any atom is 0.337 e. The molecule has 1 aromatic carbocycles. The third kappa shape index (κ3) is 3.01. The number of halogens is 2. The highest BCUT2D eigenvalue weighted by Gasteiger charge is 2.39. The van der Waals surface area contributed by atoms with Crippen LogP contribution >= 0.6 is 23.2 Å². The zero-order chi connectivity index (χ0) is 15.9. The van der Waals surface area contributed by atoms with E-state index in [0.29, 0.717) is 0 Å². The summed E-state index contributed by atoms with van der Waals surface area (Å²) in [6, 6.07) is 2.07. The first-order valence-corrected chi connectivity index (χ1v) is 7.93. The fourth-order valence-electron chi connectivity index (χ4n) is 1.98. The number of sulfonamides is 1. The Kier molecular flexibility index (Phi) is 4.48. The molecule has 0 bridgehead atoms. The Morgan fingerprint density at radius 2 is 1.71 bits per heavy atom. The predicted octanol–water partition coefficient (Wildman–Crippen LogP) is 0.418. The first-order valence-electron chi connectivity index (χ1n) is 5.73. The molecule has 7 nitrogen and oxygen atoms in total. The average molecular weight is 356 g/mol. The van der Waals surface area contributed by atoms with Crippen molar-refractivity contribution >= 4 is 39.2 Å². The van der Waals surface area contributed by atoms with Crippen LogP contribution in [0.5, 0.6) is 0 Å². The van der Waals surface area contributed by atoms with E-state index in [1.807, 2.05) is 0 Å². The van der Waals surface area contributed by atoms with Crippen molar-refractivity contribution in [2.24, 2.45) is 0 Å². The number of carbonyl (C=O) groups is 1. The van der Waals surface area contributed by atoms with Gasteiger partial charge in [-0.25, -0.2) is 13.2 Å². The van der Waals surface area contributed by atoms with Crippen LogP contribution in [0.1, 0.15) is 10.4 Å². The number of benzene rings is 1. The maximum absolute atomic E-state index is 12.4. The number of nitrogens with zero attached hydrogens (tertiary/aromatic N) is 1. The Balaban J connectivity index is 2.53. The summed E-state index contributed by atoms with van der Waals surface area (Å²) in [5, 5.41) is 27.3. The quantitative estimate of drug-likeness (QED) is 0.723. The molecular formula is C11H11Cl2NO6S. The Labute approximate surface area is 130 Å². The van der Waals surface area contributed by atoms with Gasteiger partial charge in [0.25, 0.3) is 0 Å². The second kappa shape index (κ2) is 5.71. The molecule has 0 spiro atoms. The van der Waals surface area contributed by atoms with Crippen molar-refractivity contribution in [1.29, 1.82) is 0 Å². The molecule has 0 radical (unpaired) electrons. The second-order valence-electron chi connectivity index (χ2n) is 4.53. The van der Waals surface area contributed by atoms with Crippen molar-refractivity contribution in [2.75, 3.05) is 13.1 Å². The summed E-state index contributed by atoms with van der Waals surface area (Å²) >= 11 is 11.6. The molecule has 116 valence electrons. The van der Waals surface area contributed by atoms with E-state index in [4.69, 9.17) is 28.3 Å². The molecule has 10 heteroatoms. The summed E-state index contributed by atoms with van der Waals surface area (Å²) in [5.41, 5.74) is -0.442. The lowest BCUT2D eigenvalue weighted by molar-refractivity contribution is 0.0572. The van der Waals surface area contributed by atoms with Crippen LogP contribution in [-0.2, 0) is 10.0 Å². The van der Waals surface area contributed by atoms with Gasteiger partial charge in [0, 0.05) is 18.1 Å². The first kappa shape index (κ1) is 16.5. The topological polar surface area (TPSA) is 115 Å². The van der Waals surface area contributed by atoms with Crippen molar-refractivity contribution < 1.29 is 28.5 Å². The Bertz CT molecular complexity index is 682. The molecule has 1 fully saturated rings. The summed E-state index contributed by atoms with van der Waals surface area (Å²) in [5.74, 6) is -1.42. The summed E-state index contributed by atoms with van der Waals surface area (Å²) in [4.78, 5) is 10.6. The van der Waals surface area contributed by atoms with Crippen LogP contribution in [-0.4, -0.2) is 59.3 Å². The van der Waals surface area contributed by atoms with Gasteiger partial charge < -0.3 is 15.3 Å². The number of aliphatic hydroxyl groups is 2. The van der Waals surface area contributed by atoms with Crippen LogP contribution in [0.3, 0.4) is 0 Å². The zero-order valence-electron chi connectivity index (χ0n) is 10.4. The molecule has 1 saturated heterocycles. The lowest BCUT2D eigenvalue weighted by Crippen LogP contribution is -2.30. The number of carboxylic acids is 1. The van der Waals surface area contributed by atoms with E-state index in [0.717, 1.165) is 16.4 Å². The Morgan fingerprint density at radius 3 is 2.19 bits per heavy atom. The van der Waals surface area contributed by atoms with Gasteiger partial charge in [-0.15, -0.1) is 0 Å². The normalized spacial score (nSPS) is 23.4. The molecule has 1 aliphatic rings. The number of aliphatic hydroxyl groups excluding tert-OH is 2. The summed E-state index contributed by atoms with van der Waals surface area (Å²) in [6.45, 7) is -0.622. The lowest BCUT2D eigenvalue weighted by Gasteiger charge is -2.17. The molecule has 2 atom stereocenters. The molecule has 0 aliphatic carbocycles. The molecule has 21 heavy (non-hydrogen) atoms. The molecule has 0 aromatic heterocycles. The minimum absolute atomic E-state index is 0.101. The smallest absolute Gasteiger partial charge is 0.337 e. The van der Waals surface area contributed by atoms with Crippen LogP contribution in [0, 0.1) is 0 Å². The van der Waals surface area contributed by atoms with Crippen molar-refractivity contribution in [3.05, 3.63) is 27.7 Å². The number of hydrogen-bond acceptors (Lipinski definition) is 5. The highest BCUT2D eigenvalue weighted by Crippen LogP contribution is 2.32. The van der Waals surface area contributed by atoms with Gasteiger partial charge in [-0.3, -0.25) is 0 Å². The summed E-state index contributed by atoms with van der Waals surface area (Å²) in [7, 11) is -4.18. The van der Waals surface area contributed by atoms with E-state index in [2.05, 4.69) is 0 Å².